The van der Waals surface area contributed by atoms with Crippen LogP contribution in [-0.2, 0) is 15.3 Å². The van der Waals surface area contributed by atoms with Crippen molar-refractivity contribution >= 4 is 20.7 Å². The largest absolute Gasteiger partial charge is 0.492 e. The number of sulfone groups is 1. The van der Waals surface area contributed by atoms with Gasteiger partial charge in [0.05, 0.1) is 6.61 Å². The number of Topliss-reactive ketones (excluding diaryl/α,β-unsaturated/α-hetero) is 1. The summed E-state index contributed by atoms with van der Waals surface area (Å²) in [5.74, 6) is -0.732. The molecule has 0 fully saturated rings. The molecule has 0 N–H and O–H groups in total. The van der Waals surface area contributed by atoms with Gasteiger partial charge in [0.25, 0.3) is 15.6 Å². The molecule has 31 heavy (non-hydrogen) atoms. The van der Waals surface area contributed by atoms with Crippen molar-refractivity contribution in [1.82, 2.24) is 0 Å². The van der Waals surface area contributed by atoms with Gasteiger partial charge in [-0.3, -0.25) is 4.79 Å². The number of benzene rings is 2. The van der Waals surface area contributed by atoms with E-state index in [4.69, 9.17) is 4.74 Å². The Bertz CT molecular complexity index is 1060. The van der Waals surface area contributed by atoms with Crippen molar-refractivity contribution in [2.24, 2.45) is 0 Å². The summed E-state index contributed by atoms with van der Waals surface area (Å²) in [6.07, 6.45) is 3.93. The van der Waals surface area contributed by atoms with Gasteiger partial charge < -0.3 is 10.3 Å². The molecule has 0 radical (unpaired) electrons. The number of unbranched alkanes of at least 4 members (excludes halogenated alkanes) is 3. The minimum Gasteiger partial charge on any atom is -0.492 e. The fraction of sp³-hybridized carbons (Fsp3) is 0.417. The maximum atomic E-state index is 13.4. The Morgan fingerprint density at radius 2 is 1.71 bits per heavy atom. The van der Waals surface area contributed by atoms with Gasteiger partial charge in [0.15, 0.2) is 0 Å². The highest BCUT2D eigenvalue weighted by atomic mass is 32.2. The molecule has 2 rings (SSSR count). The van der Waals surface area contributed by atoms with Crippen LogP contribution in [0.5, 0.6) is 5.75 Å². The van der Waals surface area contributed by atoms with Gasteiger partial charge in [0.2, 0.25) is 0 Å². The summed E-state index contributed by atoms with van der Waals surface area (Å²) in [6.45, 7) is 8.34. The van der Waals surface area contributed by atoms with E-state index in [-0.39, 0.29) is 21.6 Å². The van der Waals surface area contributed by atoms with Crippen LogP contribution in [0.25, 0.3) is 5.53 Å². The van der Waals surface area contributed by atoms with Gasteiger partial charge in [-0.05, 0) is 29.5 Å². The van der Waals surface area contributed by atoms with Crippen LogP contribution in [0, 0.1) is 0 Å². The number of nitrogens with zero attached hydrogens (tertiary/aromatic N) is 2. The van der Waals surface area contributed by atoms with E-state index in [9.17, 15) is 18.7 Å². The molecule has 0 aliphatic carbocycles. The average molecular weight is 443 g/mol. The highest BCUT2D eigenvalue weighted by Crippen LogP contribution is 2.32. The van der Waals surface area contributed by atoms with Crippen molar-refractivity contribution in [3.63, 3.8) is 0 Å². The Morgan fingerprint density at radius 3 is 2.29 bits per heavy atom. The van der Waals surface area contributed by atoms with Gasteiger partial charge in [-0.1, -0.05) is 83.4 Å². The molecule has 6 nitrogen and oxygen atoms in total. The van der Waals surface area contributed by atoms with Crippen LogP contribution in [0.2, 0.25) is 0 Å². The normalized spacial score (nSPS) is 11.6. The van der Waals surface area contributed by atoms with Crippen molar-refractivity contribution < 1.29 is 22.7 Å². The first-order chi connectivity index (χ1) is 14.6. The van der Waals surface area contributed by atoms with E-state index in [0.29, 0.717) is 6.61 Å². The maximum Gasteiger partial charge on any atom is 0.457 e. The molecule has 0 aliphatic rings. The summed E-state index contributed by atoms with van der Waals surface area (Å²) in [4.78, 5) is 15.5. The quantitative estimate of drug-likeness (QED) is 0.133. The first-order valence-corrected chi connectivity index (χ1v) is 12.0. The fourth-order valence-electron chi connectivity index (χ4n) is 3.05. The predicted molar refractivity (Wildman–Crippen MR) is 121 cm³/mol. The first kappa shape index (κ1) is 24.5. The van der Waals surface area contributed by atoms with Crippen molar-refractivity contribution in [2.45, 2.75) is 63.7 Å². The molecule has 0 saturated carbocycles. The number of rotatable bonds is 9. The SMILES string of the molecule is CCCCCCOc1ccc(C(C)(C)C)cc1S(=O)(=O)C(=[N+]=[N-])C(=O)c1ccccc1. The van der Waals surface area contributed by atoms with Crippen LogP contribution in [0.4, 0.5) is 0 Å². The van der Waals surface area contributed by atoms with E-state index in [1.54, 1.807) is 24.3 Å². The number of hydrogen-bond donors (Lipinski definition) is 0. The zero-order chi connectivity index (χ0) is 23.1. The highest BCUT2D eigenvalue weighted by Gasteiger charge is 2.40. The molecule has 0 aliphatic heterocycles. The van der Waals surface area contributed by atoms with E-state index in [1.165, 1.54) is 18.2 Å². The van der Waals surface area contributed by atoms with Gasteiger partial charge >= 0.3 is 5.04 Å². The third-order valence-electron chi connectivity index (χ3n) is 4.93. The molecule has 0 saturated heterocycles. The van der Waals surface area contributed by atoms with Gasteiger partial charge in [0, 0.05) is 5.56 Å². The molecule has 0 atom stereocenters. The summed E-state index contributed by atoms with van der Waals surface area (Å²) in [5.41, 5.74) is 10.0. The van der Waals surface area contributed by atoms with Crippen LogP contribution in [-0.4, -0.2) is 30.6 Å². The number of carbonyl (C=O) groups excluding carboxylic acids is 1. The molecule has 0 spiro atoms. The van der Waals surface area contributed by atoms with E-state index in [2.05, 4.69) is 11.7 Å². The Balaban J connectivity index is 2.50. The molecule has 0 unspecified atom stereocenters. The first-order valence-electron chi connectivity index (χ1n) is 10.5. The topological polar surface area (TPSA) is 96.8 Å². The van der Waals surface area contributed by atoms with Gasteiger partial charge in [0.1, 0.15) is 10.6 Å². The average Bonchev–Trinajstić information content (AvgIpc) is 2.73. The number of ether oxygens (including phenoxy) is 1. The van der Waals surface area contributed by atoms with Crippen LogP contribution in [0.15, 0.2) is 53.4 Å². The van der Waals surface area contributed by atoms with E-state index in [1.807, 2.05) is 26.8 Å². The Labute approximate surface area is 184 Å². The third kappa shape index (κ3) is 6.12. The maximum absolute atomic E-state index is 13.4. The molecule has 0 aromatic heterocycles. The van der Waals surface area contributed by atoms with Crippen molar-refractivity contribution in [3.05, 3.63) is 65.2 Å². The van der Waals surface area contributed by atoms with Gasteiger partial charge in [-0.2, -0.15) is 0 Å². The third-order valence-corrected chi connectivity index (χ3v) is 6.60. The number of hydrogen-bond acceptors (Lipinski definition) is 4. The Hall–Kier alpha value is -2.76. The second-order valence-electron chi connectivity index (χ2n) is 8.42. The summed E-state index contributed by atoms with van der Waals surface area (Å²) in [6, 6.07) is 12.8. The van der Waals surface area contributed by atoms with E-state index < -0.39 is 20.7 Å². The lowest BCUT2D eigenvalue weighted by Crippen LogP contribution is -2.27. The Morgan fingerprint density at radius 1 is 1.03 bits per heavy atom. The molecular weight excluding hydrogens is 412 g/mol. The minimum atomic E-state index is -4.43. The van der Waals surface area contributed by atoms with Gasteiger partial charge in [-0.15, -0.1) is 4.79 Å². The molecule has 2 aromatic rings. The second-order valence-corrected chi connectivity index (χ2v) is 10.3. The lowest BCUT2D eigenvalue weighted by atomic mass is 9.87. The predicted octanol–water partition coefficient (Wildman–Crippen LogP) is 5.23. The molecular formula is C24H30N2O4S. The van der Waals surface area contributed by atoms with Crippen molar-refractivity contribution in [1.29, 1.82) is 0 Å². The zero-order valence-electron chi connectivity index (χ0n) is 18.6. The van der Waals surface area contributed by atoms with Crippen molar-refractivity contribution in [2.75, 3.05) is 6.61 Å². The monoisotopic (exact) mass is 442 g/mol. The van der Waals surface area contributed by atoms with E-state index in [0.717, 1.165) is 31.2 Å². The van der Waals surface area contributed by atoms with Crippen LogP contribution in [0.1, 0.15) is 69.3 Å². The molecule has 0 amide bonds. The standard InChI is InChI=1S/C24H30N2O4S/c1-5-6-7-11-16-30-20-15-14-19(24(2,3)4)17-21(20)31(28,29)23(26-25)22(27)18-12-9-8-10-13-18/h8-10,12-15,17H,5-7,11,16H2,1-4H3. The summed E-state index contributed by atoms with van der Waals surface area (Å²) in [7, 11) is -4.43. The van der Waals surface area contributed by atoms with Crippen LogP contribution >= 0.6 is 0 Å². The molecule has 0 bridgehead atoms. The minimum absolute atomic E-state index is 0.118. The lowest BCUT2D eigenvalue weighted by Gasteiger charge is -2.21. The number of ketones is 1. The van der Waals surface area contributed by atoms with E-state index >= 15 is 0 Å². The molecule has 166 valence electrons. The lowest BCUT2D eigenvalue weighted by molar-refractivity contribution is -0.00159. The van der Waals surface area contributed by atoms with Crippen molar-refractivity contribution in [3.8, 4) is 5.75 Å². The molecule has 2 aromatic carbocycles. The summed E-state index contributed by atoms with van der Waals surface area (Å²) in [5, 5.41) is -0.930. The summed E-state index contributed by atoms with van der Waals surface area (Å²) >= 11 is 0. The van der Waals surface area contributed by atoms with Crippen LogP contribution in [0.3, 0.4) is 0 Å². The Kier molecular flexibility index (Phi) is 8.31. The van der Waals surface area contributed by atoms with Crippen LogP contribution < -0.4 is 4.74 Å². The summed E-state index contributed by atoms with van der Waals surface area (Å²) < 4.78 is 32.6. The second kappa shape index (κ2) is 10.5. The molecule has 0 heterocycles. The molecule has 7 heteroatoms. The van der Waals surface area contributed by atoms with Gasteiger partial charge in [-0.25, -0.2) is 8.42 Å². The highest BCUT2D eigenvalue weighted by molar-refractivity contribution is 8.08. The fourth-order valence-corrected chi connectivity index (χ4v) is 4.40. The smallest absolute Gasteiger partial charge is 0.457 e. The number of carbonyl (C=O) groups is 1. The zero-order valence-corrected chi connectivity index (χ0v) is 19.4.